The van der Waals surface area contributed by atoms with Crippen molar-refractivity contribution in [2.45, 2.75) is 26.4 Å². The van der Waals surface area contributed by atoms with Crippen LogP contribution >= 0.6 is 0 Å². The van der Waals surface area contributed by atoms with Gasteiger partial charge in [0, 0.05) is 23.6 Å². The van der Waals surface area contributed by atoms with E-state index in [2.05, 4.69) is 34.8 Å². The molecule has 5 heteroatoms. The average molecular weight is 334 g/mol. The molecule has 5 nitrogen and oxygen atoms in total. The van der Waals surface area contributed by atoms with E-state index in [4.69, 9.17) is 0 Å². The van der Waals surface area contributed by atoms with Crippen LogP contribution in [0.3, 0.4) is 0 Å². The van der Waals surface area contributed by atoms with E-state index in [9.17, 15) is 4.79 Å². The lowest BCUT2D eigenvalue weighted by molar-refractivity contribution is -0.116. The number of anilines is 2. The number of hydrogen-bond donors (Lipinski definition) is 2. The molecule has 2 N–H and O–H groups in total. The molecule has 1 atom stereocenters. The number of aryl methyl sites for hydroxylation is 1. The summed E-state index contributed by atoms with van der Waals surface area (Å²) in [4.78, 5) is 12.1. The monoisotopic (exact) mass is 334 g/mol. The predicted molar refractivity (Wildman–Crippen MR) is 101 cm³/mol. The van der Waals surface area contributed by atoms with Gasteiger partial charge in [-0.1, -0.05) is 30.3 Å². The summed E-state index contributed by atoms with van der Waals surface area (Å²) < 4.78 is 1.63. The molecule has 0 saturated heterocycles. The van der Waals surface area contributed by atoms with E-state index in [1.165, 1.54) is 5.56 Å². The molecule has 3 aromatic rings. The standard InChI is InChI=1S/C20H22N4O/c1-15-12-21-24(13-15)14-20(25)23-19-10-8-18(9-11-19)22-16(2)17-6-4-3-5-7-17/h3-13,16,22H,14H2,1-2H3,(H,23,25)/t16-/m0/s1. The van der Waals surface area contributed by atoms with Crippen molar-refractivity contribution in [2.75, 3.05) is 10.6 Å². The zero-order chi connectivity index (χ0) is 17.6. The van der Waals surface area contributed by atoms with Crippen LogP contribution in [0.15, 0.2) is 67.0 Å². The minimum Gasteiger partial charge on any atom is -0.379 e. The summed E-state index contributed by atoms with van der Waals surface area (Å²) in [6.45, 7) is 4.28. The molecule has 0 bridgehead atoms. The maximum Gasteiger partial charge on any atom is 0.246 e. The number of hydrogen-bond acceptors (Lipinski definition) is 3. The number of rotatable bonds is 6. The van der Waals surface area contributed by atoms with Crippen LogP contribution < -0.4 is 10.6 Å². The largest absolute Gasteiger partial charge is 0.379 e. The van der Waals surface area contributed by atoms with Crippen LogP contribution in [-0.2, 0) is 11.3 Å². The van der Waals surface area contributed by atoms with Crippen LogP contribution in [0.25, 0.3) is 0 Å². The number of amides is 1. The highest BCUT2D eigenvalue weighted by molar-refractivity contribution is 5.90. The molecule has 0 aliphatic carbocycles. The quantitative estimate of drug-likeness (QED) is 0.716. The van der Waals surface area contributed by atoms with Crippen molar-refractivity contribution >= 4 is 17.3 Å². The number of aromatic nitrogens is 2. The van der Waals surface area contributed by atoms with Gasteiger partial charge in [0.05, 0.1) is 6.20 Å². The molecule has 0 saturated carbocycles. The molecule has 0 fully saturated rings. The molecule has 3 rings (SSSR count). The lowest BCUT2D eigenvalue weighted by Gasteiger charge is -2.16. The molecule has 1 aromatic heterocycles. The van der Waals surface area contributed by atoms with E-state index in [1.807, 2.05) is 55.6 Å². The first-order chi connectivity index (χ1) is 12.1. The maximum absolute atomic E-state index is 12.1. The van der Waals surface area contributed by atoms with Gasteiger partial charge in [-0.2, -0.15) is 5.10 Å². The predicted octanol–water partition coefficient (Wildman–Crippen LogP) is 4.00. The van der Waals surface area contributed by atoms with Gasteiger partial charge in [0.2, 0.25) is 5.91 Å². The Balaban J connectivity index is 1.55. The van der Waals surface area contributed by atoms with Crippen LogP contribution in [0.2, 0.25) is 0 Å². The molecule has 0 aliphatic rings. The fraction of sp³-hybridized carbons (Fsp3) is 0.200. The number of benzene rings is 2. The second kappa shape index (κ2) is 7.66. The summed E-state index contributed by atoms with van der Waals surface area (Å²) in [5, 5.41) is 10.5. The Kier molecular flexibility index (Phi) is 5.14. The highest BCUT2D eigenvalue weighted by Gasteiger charge is 2.06. The Morgan fingerprint density at radius 1 is 1.08 bits per heavy atom. The lowest BCUT2D eigenvalue weighted by atomic mass is 10.1. The van der Waals surface area contributed by atoms with Crippen LogP contribution in [0, 0.1) is 6.92 Å². The van der Waals surface area contributed by atoms with Crippen molar-refractivity contribution in [3.8, 4) is 0 Å². The molecule has 128 valence electrons. The number of nitrogens with one attached hydrogen (secondary N) is 2. The summed E-state index contributed by atoms with van der Waals surface area (Å²) >= 11 is 0. The highest BCUT2D eigenvalue weighted by Crippen LogP contribution is 2.20. The summed E-state index contributed by atoms with van der Waals surface area (Å²) in [6.07, 6.45) is 3.58. The van der Waals surface area contributed by atoms with Crippen molar-refractivity contribution in [3.05, 3.63) is 78.1 Å². The average Bonchev–Trinajstić information content (AvgIpc) is 3.02. The topological polar surface area (TPSA) is 59.0 Å². The van der Waals surface area contributed by atoms with Crippen molar-refractivity contribution in [1.82, 2.24) is 9.78 Å². The van der Waals surface area contributed by atoms with Gasteiger partial charge in [0.25, 0.3) is 0 Å². The summed E-state index contributed by atoms with van der Waals surface area (Å²) in [6, 6.07) is 18.2. The van der Waals surface area contributed by atoms with Gasteiger partial charge in [-0.15, -0.1) is 0 Å². The van der Waals surface area contributed by atoms with Crippen LogP contribution in [0.4, 0.5) is 11.4 Å². The Hall–Kier alpha value is -3.08. The molecule has 0 unspecified atom stereocenters. The van der Waals surface area contributed by atoms with Crippen LogP contribution in [-0.4, -0.2) is 15.7 Å². The number of nitrogens with zero attached hydrogens (tertiary/aromatic N) is 2. The van der Waals surface area contributed by atoms with Gasteiger partial charge < -0.3 is 10.6 Å². The Bertz CT molecular complexity index is 824. The minimum absolute atomic E-state index is 0.0959. The molecular weight excluding hydrogens is 312 g/mol. The third-order valence-electron chi connectivity index (χ3n) is 3.92. The van der Waals surface area contributed by atoms with Crippen LogP contribution in [0.1, 0.15) is 24.1 Å². The Morgan fingerprint density at radius 3 is 2.40 bits per heavy atom. The van der Waals surface area contributed by atoms with Crippen molar-refractivity contribution in [3.63, 3.8) is 0 Å². The molecule has 1 heterocycles. The molecular formula is C20H22N4O. The van der Waals surface area contributed by atoms with E-state index >= 15 is 0 Å². The second-order valence-corrected chi connectivity index (χ2v) is 6.12. The number of carbonyl (C=O) groups is 1. The van der Waals surface area contributed by atoms with Crippen molar-refractivity contribution < 1.29 is 4.79 Å². The first-order valence-electron chi connectivity index (χ1n) is 8.30. The molecule has 1 amide bonds. The van der Waals surface area contributed by atoms with Gasteiger partial charge in [-0.3, -0.25) is 9.48 Å². The van der Waals surface area contributed by atoms with Crippen LogP contribution in [0.5, 0.6) is 0 Å². The van der Waals surface area contributed by atoms with Crippen molar-refractivity contribution in [1.29, 1.82) is 0 Å². The van der Waals surface area contributed by atoms with Gasteiger partial charge in [-0.25, -0.2) is 0 Å². The maximum atomic E-state index is 12.1. The van der Waals surface area contributed by atoms with E-state index in [0.29, 0.717) is 0 Å². The van der Waals surface area contributed by atoms with Crippen molar-refractivity contribution in [2.24, 2.45) is 0 Å². The number of carbonyl (C=O) groups excluding carboxylic acids is 1. The van der Waals surface area contributed by atoms with E-state index in [0.717, 1.165) is 16.9 Å². The van der Waals surface area contributed by atoms with E-state index in [-0.39, 0.29) is 18.5 Å². The molecule has 25 heavy (non-hydrogen) atoms. The lowest BCUT2D eigenvalue weighted by Crippen LogP contribution is -2.19. The minimum atomic E-state index is -0.0959. The molecule has 2 aromatic carbocycles. The van der Waals surface area contributed by atoms with E-state index < -0.39 is 0 Å². The van der Waals surface area contributed by atoms with E-state index in [1.54, 1.807) is 10.9 Å². The fourth-order valence-corrected chi connectivity index (χ4v) is 2.63. The normalized spacial score (nSPS) is 11.8. The smallest absolute Gasteiger partial charge is 0.246 e. The van der Waals surface area contributed by atoms with Gasteiger partial charge >= 0.3 is 0 Å². The molecule has 0 aliphatic heterocycles. The zero-order valence-electron chi connectivity index (χ0n) is 14.4. The first kappa shape index (κ1) is 16.8. The molecule has 0 spiro atoms. The zero-order valence-corrected chi connectivity index (χ0v) is 14.4. The fourth-order valence-electron chi connectivity index (χ4n) is 2.63. The second-order valence-electron chi connectivity index (χ2n) is 6.12. The SMILES string of the molecule is Cc1cnn(CC(=O)Nc2ccc(N[C@@H](C)c3ccccc3)cc2)c1. The third kappa shape index (κ3) is 4.70. The highest BCUT2D eigenvalue weighted by atomic mass is 16.2. The Morgan fingerprint density at radius 2 is 1.76 bits per heavy atom. The van der Waals surface area contributed by atoms with Gasteiger partial charge in [0.1, 0.15) is 6.54 Å². The summed E-state index contributed by atoms with van der Waals surface area (Å²) in [5.41, 5.74) is 4.05. The van der Waals surface area contributed by atoms with Gasteiger partial charge in [0.15, 0.2) is 0 Å². The summed E-state index contributed by atoms with van der Waals surface area (Å²) in [7, 11) is 0. The third-order valence-corrected chi connectivity index (χ3v) is 3.92. The molecule has 0 radical (unpaired) electrons. The van der Waals surface area contributed by atoms with Gasteiger partial charge in [-0.05, 0) is 49.2 Å². The Labute approximate surface area is 147 Å². The summed E-state index contributed by atoms with van der Waals surface area (Å²) in [5.74, 6) is -0.0959. The first-order valence-corrected chi connectivity index (χ1v) is 8.30.